The second-order valence-electron chi connectivity index (χ2n) is 3.53. The number of hydrogen-bond donors (Lipinski definition) is 1. The third-order valence-corrected chi connectivity index (χ3v) is 2.15. The van der Waals surface area contributed by atoms with Gasteiger partial charge < -0.3 is 14.8 Å². The summed E-state index contributed by atoms with van der Waals surface area (Å²) in [6, 6.07) is 6.24. The van der Waals surface area contributed by atoms with Gasteiger partial charge in [0, 0.05) is 25.3 Å². The fourth-order valence-electron chi connectivity index (χ4n) is 1.32. The molecule has 6 heteroatoms. The summed E-state index contributed by atoms with van der Waals surface area (Å²) in [6.07, 6.45) is 2.67. The van der Waals surface area contributed by atoms with Crippen LogP contribution in [0, 0.1) is 0 Å². The van der Waals surface area contributed by atoms with Gasteiger partial charge in [0.1, 0.15) is 5.75 Å². The molecule has 0 aliphatic carbocycles. The number of halogens is 2. The van der Waals surface area contributed by atoms with Crippen LogP contribution in [-0.2, 0) is 9.53 Å². The maximum absolute atomic E-state index is 12.2. The number of benzene rings is 1. The van der Waals surface area contributed by atoms with Crippen molar-refractivity contribution in [1.29, 1.82) is 0 Å². The van der Waals surface area contributed by atoms with E-state index in [0.29, 0.717) is 18.7 Å². The molecule has 0 saturated heterocycles. The molecule has 1 rings (SSSR count). The molecule has 1 amide bonds. The molecule has 19 heavy (non-hydrogen) atoms. The Morgan fingerprint density at radius 3 is 2.84 bits per heavy atom. The van der Waals surface area contributed by atoms with E-state index in [4.69, 9.17) is 4.74 Å². The molecule has 0 aliphatic rings. The minimum atomic E-state index is -2.90. The van der Waals surface area contributed by atoms with Crippen molar-refractivity contribution in [3.63, 3.8) is 0 Å². The monoisotopic (exact) mass is 271 g/mol. The molecule has 0 bridgehead atoms. The van der Waals surface area contributed by atoms with Crippen LogP contribution >= 0.6 is 0 Å². The molecule has 1 aromatic carbocycles. The SMILES string of the molecule is COCCNC(=O)/C=C/c1ccccc1OC(F)F. The molecule has 0 radical (unpaired) electrons. The molecule has 0 aliphatic heterocycles. The Balaban J connectivity index is 2.62. The van der Waals surface area contributed by atoms with E-state index in [1.54, 1.807) is 18.2 Å². The van der Waals surface area contributed by atoms with E-state index in [1.165, 1.54) is 25.3 Å². The summed E-state index contributed by atoms with van der Waals surface area (Å²) < 4.78 is 33.4. The van der Waals surface area contributed by atoms with Crippen LogP contribution in [0.5, 0.6) is 5.75 Å². The van der Waals surface area contributed by atoms with Crippen LogP contribution in [0.3, 0.4) is 0 Å². The summed E-state index contributed by atoms with van der Waals surface area (Å²) >= 11 is 0. The average Bonchev–Trinajstić information content (AvgIpc) is 2.37. The zero-order valence-corrected chi connectivity index (χ0v) is 10.4. The smallest absolute Gasteiger partial charge is 0.387 e. The summed E-state index contributed by atoms with van der Waals surface area (Å²) in [4.78, 5) is 11.4. The Bertz CT molecular complexity index is 436. The number of hydrogen-bond acceptors (Lipinski definition) is 3. The van der Waals surface area contributed by atoms with Crippen molar-refractivity contribution >= 4 is 12.0 Å². The summed E-state index contributed by atoms with van der Waals surface area (Å²) in [5.74, 6) is -0.303. The molecule has 0 fully saturated rings. The number of ether oxygens (including phenoxy) is 2. The minimum absolute atomic E-state index is 0.0263. The second-order valence-corrected chi connectivity index (χ2v) is 3.53. The van der Waals surface area contributed by atoms with Crippen molar-refractivity contribution in [3.05, 3.63) is 35.9 Å². The number of nitrogens with one attached hydrogen (secondary N) is 1. The van der Waals surface area contributed by atoms with Gasteiger partial charge in [-0.2, -0.15) is 8.78 Å². The van der Waals surface area contributed by atoms with Gasteiger partial charge in [-0.3, -0.25) is 4.79 Å². The van der Waals surface area contributed by atoms with Gasteiger partial charge in [-0.15, -0.1) is 0 Å². The number of rotatable bonds is 7. The Kier molecular flexibility index (Phi) is 6.52. The topological polar surface area (TPSA) is 47.6 Å². The lowest BCUT2D eigenvalue weighted by Crippen LogP contribution is -2.24. The zero-order valence-electron chi connectivity index (χ0n) is 10.4. The number of carbonyl (C=O) groups is 1. The van der Waals surface area contributed by atoms with Crippen LogP contribution in [0.15, 0.2) is 30.3 Å². The largest absolute Gasteiger partial charge is 0.434 e. The number of alkyl halides is 2. The number of carbonyl (C=O) groups excluding carboxylic acids is 1. The first-order chi connectivity index (χ1) is 9.13. The minimum Gasteiger partial charge on any atom is -0.434 e. The van der Waals surface area contributed by atoms with Gasteiger partial charge in [0.2, 0.25) is 5.91 Å². The van der Waals surface area contributed by atoms with Crippen molar-refractivity contribution in [2.45, 2.75) is 6.61 Å². The van der Waals surface area contributed by atoms with Gasteiger partial charge in [0.25, 0.3) is 0 Å². The molecule has 1 N–H and O–H groups in total. The predicted molar refractivity (Wildman–Crippen MR) is 67.0 cm³/mol. The molecule has 104 valence electrons. The number of methoxy groups -OCH3 is 1. The molecule has 0 saturated carbocycles. The van der Waals surface area contributed by atoms with E-state index in [9.17, 15) is 13.6 Å². The molecule has 1 aromatic rings. The Morgan fingerprint density at radius 1 is 1.42 bits per heavy atom. The van der Waals surface area contributed by atoms with Crippen molar-refractivity contribution in [2.24, 2.45) is 0 Å². The van der Waals surface area contributed by atoms with Crippen LogP contribution in [0.2, 0.25) is 0 Å². The summed E-state index contributed by atoms with van der Waals surface area (Å²) in [5, 5.41) is 2.57. The first-order valence-corrected chi connectivity index (χ1v) is 5.62. The quantitative estimate of drug-likeness (QED) is 0.610. The molecule has 0 unspecified atom stereocenters. The molecule has 0 aromatic heterocycles. The summed E-state index contributed by atoms with van der Waals surface area (Å²) in [6.45, 7) is -2.11. The summed E-state index contributed by atoms with van der Waals surface area (Å²) in [5.41, 5.74) is 0.407. The normalized spacial score (nSPS) is 10.9. The maximum atomic E-state index is 12.2. The van der Waals surface area contributed by atoms with E-state index in [1.807, 2.05) is 0 Å². The fourth-order valence-corrected chi connectivity index (χ4v) is 1.32. The molecule has 0 heterocycles. The third-order valence-electron chi connectivity index (χ3n) is 2.15. The first-order valence-electron chi connectivity index (χ1n) is 5.62. The van der Waals surface area contributed by atoms with E-state index in [0.717, 1.165) is 0 Å². The molecule has 0 spiro atoms. The molecular formula is C13H15F2NO3. The van der Waals surface area contributed by atoms with Gasteiger partial charge in [-0.1, -0.05) is 18.2 Å². The number of para-hydroxylation sites is 1. The van der Waals surface area contributed by atoms with E-state index in [-0.39, 0.29) is 11.7 Å². The Labute approximate surface area is 110 Å². The molecule has 4 nitrogen and oxygen atoms in total. The van der Waals surface area contributed by atoms with E-state index < -0.39 is 6.61 Å². The van der Waals surface area contributed by atoms with Crippen molar-refractivity contribution in [1.82, 2.24) is 5.32 Å². The Morgan fingerprint density at radius 2 is 2.16 bits per heavy atom. The first kappa shape index (κ1) is 15.1. The lowest BCUT2D eigenvalue weighted by atomic mass is 10.2. The predicted octanol–water partition coefficient (Wildman–Crippen LogP) is 2.06. The lowest BCUT2D eigenvalue weighted by molar-refractivity contribution is -0.116. The Hall–Kier alpha value is -1.95. The van der Waals surface area contributed by atoms with Crippen LogP contribution in [0.25, 0.3) is 6.08 Å². The van der Waals surface area contributed by atoms with Crippen LogP contribution < -0.4 is 10.1 Å². The van der Waals surface area contributed by atoms with Crippen molar-refractivity contribution in [2.75, 3.05) is 20.3 Å². The van der Waals surface area contributed by atoms with Gasteiger partial charge in [0.15, 0.2) is 0 Å². The molecular weight excluding hydrogens is 256 g/mol. The fraction of sp³-hybridized carbons (Fsp3) is 0.308. The standard InChI is InChI=1S/C13H15F2NO3/c1-18-9-8-16-12(17)7-6-10-4-2-3-5-11(10)19-13(14)15/h2-7,13H,8-9H2,1H3,(H,16,17)/b7-6+. The van der Waals surface area contributed by atoms with Gasteiger partial charge in [-0.25, -0.2) is 0 Å². The lowest BCUT2D eigenvalue weighted by Gasteiger charge is -2.07. The average molecular weight is 271 g/mol. The van der Waals surface area contributed by atoms with Crippen LogP contribution in [0.1, 0.15) is 5.56 Å². The highest BCUT2D eigenvalue weighted by Crippen LogP contribution is 2.21. The second kappa shape index (κ2) is 8.20. The molecule has 0 atom stereocenters. The highest BCUT2D eigenvalue weighted by molar-refractivity contribution is 5.92. The van der Waals surface area contributed by atoms with Crippen molar-refractivity contribution < 1.29 is 23.0 Å². The highest BCUT2D eigenvalue weighted by atomic mass is 19.3. The zero-order chi connectivity index (χ0) is 14.1. The van der Waals surface area contributed by atoms with Crippen molar-refractivity contribution in [3.8, 4) is 5.75 Å². The van der Waals surface area contributed by atoms with Crippen LogP contribution in [0.4, 0.5) is 8.78 Å². The van der Waals surface area contributed by atoms with Gasteiger partial charge >= 0.3 is 6.61 Å². The summed E-state index contributed by atoms with van der Waals surface area (Å²) in [7, 11) is 1.53. The van der Waals surface area contributed by atoms with Gasteiger partial charge in [-0.05, 0) is 12.1 Å². The van der Waals surface area contributed by atoms with Gasteiger partial charge in [0.05, 0.1) is 6.61 Å². The van der Waals surface area contributed by atoms with E-state index >= 15 is 0 Å². The maximum Gasteiger partial charge on any atom is 0.387 e. The highest BCUT2D eigenvalue weighted by Gasteiger charge is 2.07. The third kappa shape index (κ3) is 5.96. The van der Waals surface area contributed by atoms with E-state index in [2.05, 4.69) is 10.1 Å². The number of amides is 1. The van der Waals surface area contributed by atoms with Crippen LogP contribution in [-0.4, -0.2) is 32.8 Å².